The van der Waals surface area contributed by atoms with Crippen molar-refractivity contribution in [1.29, 1.82) is 5.26 Å². The highest BCUT2D eigenvalue weighted by molar-refractivity contribution is 6.09. The fourth-order valence-corrected chi connectivity index (χ4v) is 2.83. The van der Waals surface area contributed by atoms with Crippen molar-refractivity contribution in [3.63, 3.8) is 0 Å². The van der Waals surface area contributed by atoms with Gasteiger partial charge in [0, 0.05) is 17.3 Å². The van der Waals surface area contributed by atoms with Crippen molar-refractivity contribution in [3.05, 3.63) is 65.8 Å². The average Bonchev–Trinajstić information content (AvgIpc) is 2.77. The van der Waals surface area contributed by atoms with Crippen molar-refractivity contribution in [2.75, 3.05) is 25.6 Å². The standard InChI is InChI=1S/C25H24N2O4/c1-5-9-19-13-18(15-23(30-7-3)24(19)31-12-6-2)14-20(17-26)25(28)27-21-10-8-11-22(16-21)29-4/h2,5,8,10-11,13-16H,1,7,9,12H2,3-4H3,(H,27,28)/b20-14+. The fraction of sp³-hybridized carbons (Fsp3) is 0.200. The number of terminal acetylenes is 1. The fourth-order valence-electron chi connectivity index (χ4n) is 2.83. The molecular weight excluding hydrogens is 392 g/mol. The molecule has 2 aromatic carbocycles. The highest BCUT2D eigenvalue weighted by Gasteiger charge is 2.15. The van der Waals surface area contributed by atoms with Crippen LogP contribution in [0.15, 0.2) is 54.6 Å². The van der Waals surface area contributed by atoms with Crippen molar-refractivity contribution in [2.45, 2.75) is 13.3 Å². The Kier molecular flexibility index (Phi) is 8.76. The molecular formula is C25H24N2O4. The van der Waals surface area contributed by atoms with E-state index in [0.717, 1.165) is 5.56 Å². The molecule has 0 radical (unpaired) electrons. The van der Waals surface area contributed by atoms with Gasteiger partial charge in [0.25, 0.3) is 5.91 Å². The van der Waals surface area contributed by atoms with Gasteiger partial charge in [0.15, 0.2) is 11.5 Å². The van der Waals surface area contributed by atoms with E-state index < -0.39 is 5.91 Å². The van der Waals surface area contributed by atoms with Crippen LogP contribution in [0.2, 0.25) is 0 Å². The molecule has 0 aliphatic carbocycles. The number of nitrogens with one attached hydrogen (secondary N) is 1. The van der Waals surface area contributed by atoms with Gasteiger partial charge in [-0.05, 0) is 49.2 Å². The minimum absolute atomic E-state index is 0.0629. The summed E-state index contributed by atoms with van der Waals surface area (Å²) in [4.78, 5) is 12.6. The number of benzene rings is 2. The predicted octanol–water partition coefficient (Wildman–Crippen LogP) is 4.38. The van der Waals surface area contributed by atoms with Crippen molar-refractivity contribution in [2.24, 2.45) is 0 Å². The van der Waals surface area contributed by atoms with Crippen LogP contribution in [0, 0.1) is 23.7 Å². The summed E-state index contributed by atoms with van der Waals surface area (Å²) in [6.45, 7) is 6.12. The molecule has 0 fully saturated rings. The Bertz CT molecular complexity index is 1060. The number of amides is 1. The summed E-state index contributed by atoms with van der Waals surface area (Å²) < 4.78 is 16.5. The van der Waals surface area contributed by atoms with Crippen molar-refractivity contribution in [3.8, 4) is 35.7 Å². The molecule has 31 heavy (non-hydrogen) atoms. The number of hydrogen-bond donors (Lipinski definition) is 1. The molecule has 158 valence electrons. The molecule has 2 rings (SSSR count). The first-order valence-electron chi connectivity index (χ1n) is 9.60. The van der Waals surface area contributed by atoms with Gasteiger partial charge >= 0.3 is 0 Å². The van der Waals surface area contributed by atoms with E-state index in [9.17, 15) is 10.1 Å². The molecule has 0 atom stereocenters. The van der Waals surface area contributed by atoms with E-state index in [1.807, 2.05) is 19.1 Å². The third-order valence-electron chi connectivity index (χ3n) is 4.12. The maximum Gasteiger partial charge on any atom is 0.266 e. The van der Waals surface area contributed by atoms with Gasteiger partial charge in [0.05, 0.1) is 13.7 Å². The summed E-state index contributed by atoms with van der Waals surface area (Å²) in [5.41, 5.74) is 1.86. The van der Waals surface area contributed by atoms with Gasteiger partial charge in [-0.25, -0.2) is 0 Å². The monoisotopic (exact) mass is 416 g/mol. The lowest BCUT2D eigenvalue weighted by Gasteiger charge is -2.15. The molecule has 0 spiro atoms. The zero-order valence-corrected chi connectivity index (χ0v) is 17.6. The normalized spacial score (nSPS) is 10.4. The van der Waals surface area contributed by atoms with Crippen LogP contribution < -0.4 is 19.5 Å². The van der Waals surface area contributed by atoms with E-state index >= 15 is 0 Å². The largest absolute Gasteiger partial charge is 0.497 e. The number of ether oxygens (including phenoxy) is 3. The van der Waals surface area contributed by atoms with E-state index in [0.29, 0.717) is 41.5 Å². The first-order valence-corrected chi connectivity index (χ1v) is 9.60. The molecule has 0 heterocycles. The molecule has 6 heteroatoms. The first-order chi connectivity index (χ1) is 15.1. The molecule has 0 saturated carbocycles. The van der Waals surface area contributed by atoms with Crippen molar-refractivity contribution >= 4 is 17.7 Å². The maximum absolute atomic E-state index is 12.6. The number of carbonyl (C=O) groups excluding carboxylic acids is 1. The Hall–Kier alpha value is -4.16. The van der Waals surface area contributed by atoms with Crippen LogP contribution in [0.4, 0.5) is 5.69 Å². The van der Waals surface area contributed by atoms with Crippen LogP contribution in [-0.2, 0) is 11.2 Å². The molecule has 0 aliphatic heterocycles. The molecule has 0 aromatic heterocycles. The van der Waals surface area contributed by atoms with Crippen LogP contribution in [0.3, 0.4) is 0 Å². The van der Waals surface area contributed by atoms with Gasteiger partial charge < -0.3 is 19.5 Å². The highest BCUT2D eigenvalue weighted by atomic mass is 16.5. The third-order valence-corrected chi connectivity index (χ3v) is 4.12. The molecule has 1 amide bonds. The lowest BCUT2D eigenvalue weighted by Crippen LogP contribution is -2.13. The Morgan fingerprint density at radius 3 is 2.74 bits per heavy atom. The number of allylic oxidation sites excluding steroid dienone is 1. The van der Waals surface area contributed by atoms with Gasteiger partial charge in [-0.2, -0.15) is 5.26 Å². The Morgan fingerprint density at radius 1 is 1.29 bits per heavy atom. The maximum atomic E-state index is 12.6. The predicted molar refractivity (Wildman–Crippen MR) is 121 cm³/mol. The summed E-state index contributed by atoms with van der Waals surface area (Å²) in [6, 6.07) is 12.4. The lowest BCUT2D eigenvalue weighted by atomic mass is 10.0. The second-order valence-corrected chi connectivity index (χ2v) is 6.28. The van der Waals surface area contributed by atoms with Gasteiger partial charge in [-0.15, -0.1) is 13.0 Å². The number of anilines is 1. The molecule has 1 N–H and O–H groups in total. The van der Waals surface area contributed by atoms with Gasteiger partial charge in [-0.1, -0.05) is 18.1 Å². The minimum Gasteiger partial charge on any atom is -0.497 e. The Morgan fingerprint density at radius 2 is 2.10 bits per heavy atom. The Labute approximate surface area is 182 Å². The average molecular weight is 416 g/mol. The minimum atomic E-state index is -0.536. The van der Waals surface area contributed by atoms with Crippen molar-refractivity contribution < 1.29 is 19.0 Å². The van der Waals surface area contributed by atoms with Crippen LogP contribution in [0.25, 0.3) is 6.08 Å². The second-order valence-electron chi connectivity index (χ2n) is 6.28. The SMILES string of the molecule is C#CCOc1c(CC=C)cc(/C=C(\C#N)C(=O)Nc2cccc(OC)c2)cc1OCC. The molecule has 0 bridgehead atoms. The van der Waals surface area contributed by atoms with Gasteiger partial charge in [0.2, 0.25) is 0 Å². The summed E-state index contributed by atoms with van der Waals surface area (Å²) in [5.74, 6) is 3.50. The smallest absolute Gasteiger partial charge is 0.266 e. The highest BCUT2D eigenvalue weighted by Crippen LogP contribution is 2.34. The van der Waals surface area contributed by atoms with Crippen LogP contribution in [-0.4, -0.2) is 26.2 Å². The number of nitrogens with zero attached hydrogens (tertiary/aromatic N) is 1. The second kappa shape index (κ2) is 11.7. The summed E-state index contributed by atoms with van der Waals surface area (Å²) in [5, 5.41) is 12.3. The van der Waals surface area contributed by atoms with E-state index in [2.05, 4.69) is 17.8 Å². The lowest BCUT2D eigenvalue weighted by molar-refractivity contribution is -0.112. The summed E-state index contributed by atoms with van der Waals surface area (Å²) in [7, 11) is 1.54. The van der Waals surface area contributed by atoms with Crippen LogP contribution >= 0.6 is 0 Å². The van der Waals surface area contributed by atoms with Crippen LogP contribution in [0.5, 0.6) is 17.2 Å². The number of nitriles is 1. The van der Waals surface area contributed by atoms with Crippen LogP contribution in [0.1, 0.15) is 18.1 Å². The zero-order valence-electron chi connectivity index (χ0n) is 17.6. The number of carbonyl (C=O) groups is 1. The van der Waals surface area contributed by atoms with E-state index in [-0.39, 0.29) is 12.2 Å². The third kappa shape index (κ3) is 6.42. The number of methoxy groups -OCH3 is 1. The molecule has 6 nitrogen and oxygen atoms in total. The van der Waals surface area contributed by atoms with Gasteiger partial charge in [0.1, 0.15) is 24.0 Å². The summed E-state index contributed by atoms with van der Waals surface area (Å²) >= 11 is 0. The van der Waals surface area contributed by atoms with Crippen molar-refractivity contribution in [1.82, 2.24) is 0 Å². The molecule has 0 saturated heterocycles. The van der Waals surface area contributed by atoms with Gasteiger partial charge in [-0.3, -0.25) is 4.79 Å². The molecule has 0 aliphatic rings. The molecule has 2 aromatic rings. The molecule has 0 unspecified atom stereocenters. The summed E-state index contributed by atoms with van der Waals surface area (Å²) in [6.07, 6.45) is 9.04. The first kappa shape index (κ1) is 23.1. The quantitative estimate of drug-likeness (QED) is 0.269. The topological polar surface area (TPSA) is 80.6 Å². The zero-order chi connectivity index (χ0) is 22.6. The van der Waals surface area contributed by atoms with E-state index in [1.165, 1.54) is 13.2 Å². The Balaban J connectivity index is 2.41. The van der Waals surface area contributed by atoms with E-state index in [4.69, 9.17) is 20.6 Å². The number of rotatable bonds is 10. The van der Waals surface area contributed by atoms with E-state index in [1.54, 1.807) is 36.4 Å². The number of hydrogen-bond acceptors (Lipinski definition) is 5.